The molecule has 3 heterocycles. The monoisotopic (exact) mass is 262 g/mol. The van der Waals surface area contributed by atoms with Crippen molar-refractivity contribution in [1.29, 1.82) is 0 Å². The lowest BCUT2D eigenvalue weighted by Gasteiger charge is -2.47. The fourth-order valence-corrected chi connectivity index (χ4v) is 2.64. The molecule has 19 heavy (non-hydrogen) atoms. The van der Waals surface area contributed by atoms with Crippen molar-refractivity contribution >= 4 is 11.7 Å². The van der Waals surface area contributed by atoms with E-state index in [0.29, 0.717) is 11.9 Å². The SMILES string of the molecule is NC(=O)c1nccnc1N1CC(N2CCNCC2)C1. The Kier molecular flexibility index (Phi) is 3.31. The molecule has 2 saturated heterocycles. The van der Waals surface area contributed by atoms with E-state index in [-0.39, 0.29) is 5.69 Å². The van der Waals surface area contributed by atoms with Gasteiger partial charge < -0.3 is 16.0 Å². The number of carbonyl (C=O) groups is 1. The number of nitrogens with two attached hydrogens (primary N) is 1. The zero-order valence-corrected chi connectivity index (χ0v) is 10.7. The molecule has 0 aliphatic carbocycles. The van der Waals surface area contributed by atoms with Gasteiger partial charge in [0.2, 0.25) is 0 Å². The second-order valence-electron chi connectivity index (χ2n) is 4.94. The Morgan fingerprint density at radius 1 is 1.26 bits per heavy atom. The van der Waals surface area contributed by atoms with Gasteiger partial charge in [0.15, 0.2) is 11.5 Å². The van der Waals surface area contributed by atoms with E-state index in [4.69, 9.17) is 5.73 Å². The van der Waals surface area contributed by atoms with Crippen molar-refractivity contribution in [1.82, 2.24) is 20.2 Å². The molecule has 0 radical (unpaired) electrons. The predicted molar refractivity (Wildman–Crippen MR) is 71.0 cm³/mol. The number of carbonyl (C=O) groups excluding carboxylic acids is 1. The van der Waals surface area contributed by atoms with Crippen LogP contribution in [0.15, 0.2) is 12.4 Å². The molecule has 1 aromatic heterocycles. The van der Waals surface area contributed by atoms with Gasteiger partial charge in [-0.2, -0.15) is 0 Å². The average Bonchev–Trinajstić information content (AvgIpc) is 2.39. The number of nitrogens with one attached hydrogen (secondary N) is 1. The van der Waals surface area contributed by atoms with E-state index in [0.717, 1.165) is 39.3 Å². The van der Waals surface area contributed by atoms with E-state index in [9.17, 15) is 4.79 Å². The van der Waals surface area contributed by atoms with Crippen LogP contribution in [0, 0.1) is 0 Å². The van der Waals surface area contributed by atoms with E-state index >= 15 is 0 Å². The number of hydrogen-bond donors (Lipinski definition) is 2. The average molecular weight is 262 g/mol. The fraction of sp³-hybridized carbons (Fsp3) is 0.583. The van der Waals surface area contributed by atoms with Crippen LogP contribution in [0.25, 0.3) is 0 Å². The first-order valence-electron chi connectivity index (χ1n) is 6.56. The van der Waals surface area contributed by atoms with Gasteiger partial charge in [-0.25, -0.2) is 9.97 Å². The molecule has 3 N–H and O–H groups in total. The van der Waals surface area contributed by atoms with Crippen LogP contribution in [0.2, 0.25) is 0 Å². The molecular formula is C12H18N6O. The third-order valence-corrected chi connectivity index (χ3v) is 3.74. The molecule has 3 rings (SSSR count). The van der Waals surface area contributed by atoms with E-state index in [1.807, 2.05) is 0 Å². The lowest BCUT2D eigenvalue weighted by molar-refractivity contribution is 0.0994. The first kappa shape index (κ1) is 12.3. The second kappa shape index (κ2) is 5.10. The van der Waals surface area contributed by atoms with Crippen LogP contribution in [-0.2, 0) is 0 Å². The minimum absolute atomic E-state index is 0.265. The minimum atomic E-state index is -0.520. The first-order chi connectivity index (χ1) is 9.25. The maximum absolute atomic E-state index is 11.3. The van der Waals surface area contributed by atoms with Crippen LogP contribution in [0.3, 0.4) is 0 Å². The minimum Gasteiger partial charge on any atom is -0.364 e. The Hall–Kier alpha value is -1.73. The van der Waals surface area contributed by atoms with Crippen molar-refractivity contribution in [2.24, 2.45) is 5.73 Å². The van der Waals surface area contributed by atoms with Gasteiger partial charge in [0.25, 0.3) is 5.91 Å². The number of piperazine rings is 1. The van der Waals surface area contributed by atoms with Crippen molar-refractivity contribution in [3.63, 3.8) is 0 Å². The highest BCUT2D eigenvalue weighted by Crippen LogP contribution is 2.23. The highest BCUT2D eigenvalue weighted by Gasteiger charge is 2.34. The standard InChI is InChI=1S/C12H18N6O/c13-11(19)10-12(16-2-1-15-10)18-7-9(8-18)17-5-3-14-4-6-17/h1-2,9,14H,3-8H2,(H2,13,19). The summed E-state index contributed by atoms with van der Waals surface area (Å²) in [6.07, 6.45) is 3.09. The number of amides is 1. The van der Waals surface area contributed by atoms with Gasteiger partial charge in [-0.05, 0) is 0 Å². The highest BCUT2D eigenvalue weighted by atomic mass is 16.1. The zero-order chi connectivity index (χ0) is 13.2. The van der Waals surface area contributed by atoms with Crippen LogP contribution in [0.1, 0.15) is 10.5 Å². The van der Waals surface area contributed by atoms with Gasteiger partial charge in [-0.3, -0.25) is 9.69 Å². The van der Waals surface area contributed by atoms with Crippen LogP contribution in [0.5, 0.6) is 0 Å². The Balaban J connectivity index is 1.65. The maximum atomic E-state index is 11.3. The van der Waals surface area contributed by atoms with Crippen molar-refractivity contribution in [3.8, 4) is 0 Å². The van der Waals surface area contributed by atoms with Gasteiger partial charge in [0.05, 0.1) is 0 Å². The van der Waals surface area contributed by atoms with Crippen molar-refractivity contribution in [2.45, 2.75) is 6.04 Å². The smallest absolute Gasteiger partial charge is 0.271 e. The van der Waals surface area contributed by atoms with E-state index < -0.39 is 5.91 Å². The zero-order valence-electron chi connectivity index (χ0n) is 10.7. The molecule has 0 aromatic carbocycles. The Labute approximate surface area is 111 Å². The van der Waals surface area contributed by atoms with Gasteiger partial charge in [-0.1, -0.05) is 0 Å². The van der Waals surface area contributed by atoms with Crippen LogP contribution in [-0.4, -0.2) is 66.1 Å². The van der Waals surface area contributed by atoms with Crippen molar-refractivity contribution in [2.75, 3.05) is 44.2 Å². The third kappa shape index (κ3) is 2.39. The normalized spacial score (nSPS) is 21.2. The molecule has 0 saturated carbocycles. The molecule has 1 amide bonds. The summed E-state index contributed by atoms with van der Waals surface area (Å²) in [5.41, 5.74) is 5.59. The summed E-state index contributed by atoms with van der Waals surface area (Å²) in [5, 5.41) is 3.35. The molecule has 0 unspecified atom stereocenters. The largest absolute Gasteiger partial charge is 0.364 e. The molecule has 102 valence electrons. The van der Waals surface area contributed by atoms with Crippen LogP contribution >= 0.6 is 0 Å². The molecular weight excluding hydrogens is 244 g/mol. The lowest BCUT2D eigenvalue weighted by Crippen LogP contribution is -2.63. The fourth-order valence-electron chi connectivity index (χ4n) is 2.64. The summed E-state index contributed by atoms with van der Waals surface area (Å²) in [7, 11) is 0. The number of hydrogen-bond acceptors (Lipinski definition) is 6. The number of nitrogens with zero attached hydrogens (tertiary/aromatic N) is 4. The number of aromatic nitrogens is 2. The van der Waals surface area contributed by atoms with Crippen molar-refractivity contribution < 1.29 is 4.79 Å². The Morgan fingerprint density at radius 2 is 1.95 bits per heavy atom. The van der Waals surface area contributed by atoms with Gasteiger partial charge in [0, 0.05) is 57.7 Å². The second-order valence-corrected chi connectivity index (χ2v) is 4.94. The Bertz CT molecular complexity index is 467. The molecule has 7 nitrogen and oxygen atoms in total. The summed E-state index contributed by atoms with van der Waals surface area (Å²) in [6, 6.07) is 0.546. The number of anilines is 1. The summed E-state index contributed by atoms with van der Waals surface area (Å²) < 4.78 is 0. The molecule has 0 spiro atoms. The molecule has 2 aliphatic heterocycles. The maximum Gasteiger partial charge on any atom is 0.271 e. The summed E-state index contributed by atoms with van der Waals surface area (Å²) in [4.78, 5) is 24.1. The number of rotatable bonds is 3. The lowest BCUT2D eigenvalue weighted by atomic mass is 10.1. The van der Waals surface area contributed by atoms with E-state index in [2.05, 4.69) is 25.1 Å². The molecule has 0 bridgehead atoms. The predicted octanol–water partition coefficient (Wildman–Crippen LogP) is -1.33. The van der Waals surface area contributed by atoms with Crippen LogP contribution in [0.4, 0.5) is 5.82 Å². The first-order valence-corrected chi connectivity index (χ1v) is 6.56. The topological polar surface area (TPSA) is 87.4 Å². The van der Waals surface area contributed by atoms with Gasteiger partial charge in [0.1, 0.15) is 0 Å². The van der Waals surface area contributed by atoms with Crippen LogP contribution < -0.4 is 16.0 Å². The van der Waals surface area contributed by atoms with E-state index in [1.165, 1.54) is 6.20 Å². The van der Waals surface area contributed by atoms with Gasteiger partial charge >= 0.3 is 0 Å². The Morgan fingerprint density at radius 3 is 2.63 bits per heavy atom. The highest BCUT2D eigenvalue weighted by molar-refractivity contribution is 5.95. The molecule has 2 aliphatic rings. The summed E-state index contributed by atoms with van der Waals surface area (Å²) >= 11 is 0. The van der Waals surface area contributed by atoms with Crippen molar-refractivity contribution in [3.05, 3.63) is 18.1 Å². The molecule has 0 atom stereocenters. The number of primary amides is 1. The van der Waals surface area contributed by atoms with E-state index in [1.54, 1.807) is 6.20 Å². The summed E-state index contributed by atoms with van der Waals surface area (Å²) in [6.45, 7) is 6.05. The third-order valence-electron chi connectivity index (χ3n) is 3.74. The van der Waals surface area contributed by atoms with Gasteiger partial charge in [-0.15, -0.1) is 0 Å². The molecule has 1 aromatic rings. The molecule has 2 fully saturated rings. The summed E-state index contributed by atoms with van der Waals surface area (Å²) in [5.74, 6) is 0.0927. The molecule has 7 heteroatoms. The quantitative estimate of drug-likeness (QED) is 0.702.